The van der Waals surface area contributed by atoms with Crippen molar-refractivity contribution >= 4 is 34.9 Å². The molecule has 0 fully saturated rings. The highest BCUT2D eigenvalue weighted by Crippen LogP contribution is 2.42. The van der Waals surface area contributed by atoms with E-state index in [0.717, 1.165) is 39.4 Å². The fourth-order valence-corrected chi connectivity index (χ4v) is 5.24. The Kier molecular flexibility index (Phi) is 7.00. The van der Waals surface area contributed by atoms with E-state index in [0.29, 0.717) is 5.02 Å². The lowest BCUT2D eigenvalue weighted by Gasteiger charge is -2.40. The average molecular weight is 527 g/mol. The number of anilines is 2. The van der Waals surface area contributed by atoms with Crippen LogP contribution in [-0.2, 0) is 4.79 Å². The van der Waals surface area contributed by atoms with Crippen LogP contribution in [0, 0.1) is 13.8 Å². The first-order valence-electron chi connectivity index (χ1n) is 12.7. The SMILES string of the molecule is Cc1cccc(NC(=O)N(CC(=O)N2c3ccccc3-n3cccc3C2c2cccc(Cl)c2)C(C)C)c1C. The minimum atomic E-state index is -0.401. The molecular formula is C31H31ClN4O2. The molecule has 0 aliphatic carbocycles. The number of aryl methyl sites for hydroxylation is 1. The molecule has 5 rings (SSSR count). The number of carbonyl (C=O) groups is 2. The molecule has 0 bridgehead atoms. The van der Waals surface area contributed by atoms with Gasteiger partial charge in [0.1, 0.15) is 12.6 Å². The Labute approximate surface area is 228 Å². The predicted octanol–water partition coefficient (Wildman–Crippen LogP) is 7.13. The van der Waals surface area contributed by atoms with Crippen molar-refractivity contribution in [1.82, 2.24) is 9.47 Å². The van der Waals surface area contributed by atoms with Gasteiger partial charge in [0.05, 0.1) is 17.1 Å². The molecule has 7 heteroatoms. The number of hydrogen-bond acceptors (Lipinski definition) is 2. The van der Waals surface area contributed by atoms with E-state index in [1.165, 1.54) is 0 Å². The predicted molar refractivity (Wildman–Crippen MR) is 153 cm³/mol. The lowest BCUT2D eigenvalue weighted by molar-refractivity contribution is -0.119. The van der Waals surface area contributed by atoms with E-state index in [2.05, 4.69) is 9.88 Å². The van der Waals surface area contributed by atoms with Crippen LogP contribution in [0.15, 0.2) is 85.1 Å². The van der Waals surface area contributed by atoms with Crippen LogP contribution in [0.5, 0.6) is 0 Å². The monoisotopic (exact) mass is 526 g/mol. The second kappa shape index (κ2) is 10.4. The molecule has 6 nitrogen and oxygen atoms in total. The molecule has 1 aromatic heterocycles. The van der Waals surface area contributed by atoms with E-state index >= 15 is 0 Å². The van der Waals surface area contributed by atoms with Crippen LogP contribution in [0.1, 0.15) is 42.3 Å². The fraction of sp³-hybridized carbons (Fsp3) is 0.226. The van der Waals surface area contributed by atoms with Gasteiger partial charge in [-0.2, -0.15) is 0 Å². The summed E-state index contributed by atoms with van der Waals surface area (Å²) in [5.74, 6) is -0.181. The lowest BCUT2D eigenvalue weighted by Crippen LogP contribution is -2.49. The second-order valence-corrected chi connectivity index (χ2v) is 10.3. The van der Waals surface area contributed by atoms with Crippen LogP contribution in [0.25, 0.3) is 5.69 Å². The van der Waals surface area contributed by atoms with E-state index in [1.807, 2.05) is 113 Å². The molecule has 0 spiro atoms. The summed E-state index contributed by atoms with van der Waals surface area (Å²) in [4.78, 5) is 31.1. The minimum Gasteiger partial charge on any atom is -0.316 e. The van der Waals surface area contributed by atoms with Gasteiger partial charge in [-0.15, -0.1) is 0 Å². The number of hydrogen-bond donors (Lipinski definition) is 1. The van der Waals surface area contributed by atoms with Gasteiger partial charge in [-0.05, 0) is 86.8 Å². The van der Waals surface area contributed by atoms with Crippen molar-refractivity contribution in [2.75, 3.05) is 16.8 Å². The third-order valence-electron chi connectivity index (χ3n) is 7.19. The van der Waals surface area contributed by atoms with E-state index in [4.69, 9.17) is 11.6 Å². The first-order chi connectivity index (χ1) is 18.3. The Morgan fingerprint density at radius 2 is 1.68 bits per heavy atom. The number of nitrogens with one attached hydrogen (secondary N) is 1. The van der Waals surface area contributed by atoms with Crippen LogP contribution >= 0.6 is 11.6 Å². The molecule has 194 valence electrons. The Morgan fingerprint density at radius 1 is 0.947 bits per heavy atom. The first-order valence-corrected chi connectivity index (χ1v) is 13.1. The Hall–Kier alpha value is -4.03. The second-order valence-electron chi connectivity index (χ2n) is 9.91. The van der Waals surface area contributed by atoms with Crippen molar-refractivity contribution in [1.29, 1.82) is 0 Å². The van der Waals surface area contributed by atoms with Gasteiger partial charge in [0.25, 0.3) is 0 Å². The van der Waals surface area contributed by atoms with Crippen LogP contribution in [0.4, 0.5) is 16.2 Å². The van der Waals surface area contributed by atoms with Gasteiger partial charge in [0.15, 0.2) is 0 Å². The van der Waals surface area contributed by atoms with Crippen molar-refractivity contribution in [3.8, 4) is 5.69 Å². The van der Waals surface area contributed by atoms with E-state index in [9.17, 15) is 9.59 Å². The number of nitrogens with zero attached hydrogens (tertiary/aromatic N) is 3. The zero-order valence-electron chi connectivity index (χ0n) is 22.0. The number of halogens is 1. The zero-order chi connectivity index (χ0) is 27.0. The largest absolute Gasteiger partial charge is 0.322 e. The summed E-state index contributed by atoms with van der Waals surface area (Å²) in [6, 6.07) is 24.3. The Balaban J connectivity index is 1.52. The molecule has 0 saturated carbocycles. The molecular weight excluding hydrogens is 496 g/mol. The number of urea groups is 1. The van der Waals surface area contributed by atoms with Gasteiger partial charge >= 0.3 is 6.03 Å². The summed E-state index contributed by atoms with van der Waals surface area (Å²) < 4.78 is 2.11. The standard InChI is InChI=1S/C31H31ClN4O2/c1-20(2)35(31(38)33-25-13-7-10-21(3)22(25)4)19-29(37)36-27-15-6-5-14-26(27)34-17-9-16-28(34)30(36)23-11-8-12-24(32)18-23/h5-18,20,30H,19H2,1-4H3,(H,33,38). The molecule has 2 heterocycles. The fourth-order valence-electron chi connectivity index (χ4n) is 5.04. The normalized spacial score (nSPS) is 14.2. The third-order valence-corrected chi connectivity index (χ3v) is 7.42. The minimum absolute atomic E-state index is 0.0829. The number of aromatic nitrogens is 1. The maximum absolute atomic E-state index is 14.2. The van der Waals surface area contributed by atoms with Crippen molar-refractivity contribution < 1.29 is 9.59 Å². The first kappa shape index (κ1) is 25.6. The van der Waals surface area contributed by atoms with Gasteiger partial charge in [0, 0.05) is 22.9 Å². The zero-order valence-corrected chi connectivity index (χ0v) is 22.7. The highest BCUT2D eigenvalue weighted by Gasteiger charge is 2.37. The summed E-state index contributed by atoms with van der Waals surface area (Å²) in [6.07, 6.45) is 2.01. The summed E-state index contributed by atoms with van der Waals surface area (Å²) >= 11 is 6.39. The smallest absolute Gasteiger partial charge is 0.316 e. The van der Waals surface area contributed by atoms with Gasteiger partial charge < -0.3 is 14.8 Å². The number of benzene rings is 3. The summed E-state index contributed by atoms with van der Waals surface area (Å²) in [7, 11) is 0. The third kappa shape index (κ3) is 4.68. The molecule has 0 radical (unpaired) electrons. The van der Waals surface area contributed by atoms with Crippen molar-refractivity contribution in [2.45, 2.75) is 39.8 Å². The number of carbonyl (C=O) groups excluding carboxylic acids is 2. The molecule has 1 unspecified atom stereocenters. The Morgan fingerprint density at radius 3 is 2.42 bits per heavy atom. The average Bonchev–Trinajstić information content (AvgIpc) is 3.38. The summed E-state index contributed by atoms with van der Waals surface area (Å²) in [5.41, 5.74) is 6.38. The van der Waals surface area contributed by atoms with Gasteiger partial charge in [-0.25, -0.2) is 4.79 Å². The molecule has 3 amide bonds. The summed E-state index contributed by atoms with van der Waals surface area (Å²) in [6.45, 7) is 7.74. The maximum atomic E-state index is 14.2. The quantitative estimate of drug-likeness (QED) is 0.301. The molecule has 3 aromatic carbocycles. The van der Waals surface area contributed by atoms with E-state index in [-0.39, 0.29) is 24.5 Å². The molecule has 1 aliphatic heterocycles. The molecule has 1 atom stereocenters. The van der Waals surface area contributed by atoms with Crippen molar-refractivity contribution in [3.63, 3.8) is 0 Å². The number of amides is 3. The Bertz CT molecular complexity index is 1510. The van der Waals surface area contributed by atoms with Crippen LogP contribution < -0.4 is 10.2 Å². The molecule has 4 aromatic rings. The van der Waals surface area contributed by atoms with Gasteiger partial charge in [-0.1, -0.05) is 48.0 Å². The van der Waals surface area contributed by atoms with Gasteiger partial charge in [0.2, 0.25) is 5.91 Å². The number of fused-ring (bicyclic) bond motifs is 3. The number of para-hydroxylation sites is 2. The highest BCUT2D eigenvalue weighted by molar-refractivity contribution is 6.30. The summed E-state index contributed by atoms with van der Waals surface area (Å²) in [5, 5.41) is 3.62. The topological polar surface area (TPSA) is 57.6 Å². The van der Waals surface area contributed by atoms with Crippen molar-refractivity contribution in [3.05, 3.63) is 112 Å². The van der Waals surface area contributed by atoms with Crippen molar-refractivity contribution in [2.24, 2.45) is 0 Å². The van der Waals surface area contributed by atoms with Gasteiger partial charge in [-0.3, -0.25) is 9.69 Å². The molecule has 1 aliphatic rings. The molecule has 38 heavy (non-hydrogen) atoms. The van der Waals surface area contributed by atoms with Crippen LogP contribution in [0.3, 0.4) is 0 Å². The maximum Gasteiger partial charge on any atom is 0.322 e. The van der Waals surface area contributed by atoms with Crippen LogP contribution in [0.2, 0.25) is 5.02 Å². The highest BCUT2D eigenvalue weighted by atomic mass is 35.5. The molecule has 1 N–H and O–H groups in total. The van der Waals surface area contributed by atoms with E-state index < -0.39 is 6.04 Å². The van der Waals surface area contributed by atoms with Crippen LogP contribution in [-0.4, -0.2) is 34.0 Å². The number of rotatable bonds is 5. The molecule has 0 saturated heterocycles. The van der Waals surface area contributed by atoms with E-state index in [1.54, 1.807) is 9.80 Å². The lowest BCUT2D eigenvalue weighted by atomic mass is 9.97.